The molecule has 0 atom stereocenters. The molecule has 5 nitrogen and oxygen atoms in total. The Morgan fingerprint density at radius 1 is 0.952 bits per heavy atom. The third-order valence-corrected chi connectivity index (χ3v) is 4.71. The maximum absolute atomic E-state index is 12.4. The van der Waals surface area contributed by atoms with E-state index in [4.69, 9.17) is 11.6 Å². The van der Waals surface area contributed by atoms with Crippen LogP contribution >= 0.6 is 11.6 Å². The Balaban J connectivity index is 2.08. The molecule has 21 heavy (non-hydrogen) atoms. The minimum absolute atomic E-state index is 0.0624. The topological polar surface area (TPSA) is 72.0 Å². The number of benzene rings is 1. The fourth-order valence-corrected chi connectivity index (χ4v) is 3.50. The van der Waals surface area contributed by atoms with Crippen molar-refractivity contribution >= 4 is 38.2 Å². The molecule has 0 unspecified atom stereocenters. The molecule has 0 aliphatic carbocycles. The van der Waals surface area contributed by atoms with Gasteiger partial charge in [-0.3, -0.25) is 9.71 Å². The lowest BCUT2D eigenvalue weighted by molar-refractivity contribution is 0.601. The molecule has 3 aromatic rings. The van der Waals surface area contributed by atoms with Crippen molar-refractivity contribution in [2.45, 2.75) is 4.90 Å². The van der Waals surface area contributed by atoms with Crippen LogP contribution in [0, 0.1) is 0 Å². The summed E-state index contributed by atoms with van der Waals surface area (Å²) in [5, 5.41) is 0.645. The summed E-state index contributed by atoms with van der Waals surface area (Å²) in [6.45, 7) is 0. The van der Waals surface area contributed by atoms with E-state index in [1.807, 2.05) is 6.07 Å². The van der Waals surface area contributed by atoms with Crippen molar-refractivity contribution < 1.29 is 8.42 Å². The molecular formula is C14H10ClN3O2S. The predicted molar refractivity (Wildman–Crippen MR) is 81.8 cm³/mol. The molecule has 2 aromatic heterocycles. The Morgan fingerprint density at radius 2 is 1.71 bits per heavy atom. The van der Waals surface area contributed by atoms with E-state index in [2.05, 4.69) is 14.7 Å². The van der Waals surface area contributed by atoms with Gasteiger partial charge in [-0.25, -0.2) is 13.4 Å². The van der Waals surface area contributed by atoms with Gasteiger partial charge in [0.2, 0.25) is 0 Å². The zero-order valence-electron chi connectivity index (χ0n) is 10.7. The van der Waals surface area contributed by atoms with Crippen LogP contribution in [0.25, 0.3) is 10.9 Å². The molecule has 2 heterocycles. The standard InChI is InChI=1S/C14H10ClN3O2S/c15-14-13(7-3-9-17-14)21(19,20)18-12-6-1-5-11-10(12)4-2-8-16-11/h1-9,18H. The van der Waals surface area contributed by atoms with Crippen LogP contribution in [0.3, 0.4) is 0 Å². The molecule has 0 aliphatic rings. The summed E-state index contributed by atoms with van der Waals surface area (Å²) < 4.78 is 27.3. The zero-order chi connectivity index (χ0) is 14.9. The number of fused-ring (bicyclic) bond motifs is 1. The van der Waals surface area contributed by atoms with Gasteiger partial charge < -0.3 is 0 Å². The lowest BCUT2D eigenvalue weighted by Crippen LogP contribution is -2.14. The second-order valence-corrected chi connectivity index (χ2v) is 6.28. The van der Waals surface area contributed by atoms with E-state index in [1.54, 1.807) is 30.5 Å². The summed E-state index contributed by atoms with van der Waals surface area (Å²) in [6, 6.07) is 11.7. The summed E-state index contributed by atoms with van der Waals surface area (Å²) in [7, 11) is -3.81. The molecule has 0 radical (unpaired) electrons. The van der Waals surface area contributed by atoms with Crippen molar-refractivity contribution in [3.8, 4) is 0 Å². The number of pyridine rings is 2. The average molecular weight is 320 g/mol. The molecule has 0 bridgehead atoms. The summed E-state index contributed by atoms with van der Waals surface area (Å²) >= 11 is 5.85. The molecule has 0 aliphatic heterocycles. The summed E-state index contributed by atoms with van der Waals surface area (Å²) in [5.41, 5.74) is 1.15. The van der Waals surface area contributed by atoms with Crippen LogP contribution in [0.15, 0.2) is 59.8 Å². The highest BCUT2D eigenvalue weighted by molar-refractivity contribution is 7.92. The van der Waals surface area contributed by atoms with E-state index in [0.717, 1.165) is 0 Å². The highest BCUT2D eigenvalue weighted by Crippen LogP contribution is 2.26. The van der Waals surface area contributed by atoms with Crippen molar-refractivity contribution in [2.75, 3.05) is 4.72 Å². The first kappa shape index (κ1) is 13.8. The number of aromatic nitrogens is 2. The smallest absolute Gasteiger partial charge is 0.264 e. The van der Waals surface area contributed by atoms with E-state index >= 15 is 0 Å². The normalized spacial score (nSPS) is 11.5. The quantitative estimate of drug-likeness (QED) is 0.753. The molecule has 1 N–H and O–H groups in total. The van der Waals surface area contributed by atoms with Gasteiger partial charge in [0.1, 0.15) is 10.0 Å². The minimum atomic E-state index is -3.81. The van der Waals surface area contributed by atoms with Gasteiger partial charge in [0.15, 0.2) is 0 Å². The fraction of sp³-hybridized carbons (Fsp3) is 0. The summed E-state index contributed by atoms with van der Waals surface area (Å²) in [5.74, 6) is 0. The highest BCUT2D eigenvalue weighted by Gasteiger charge is 2.19. The molecule has 0 saturated heterocycles. The summed E-state index contributed by atoms with van der Waals surface area (Å²) in [6.07, 6.45) is 3.09. The number of halogens is 1. The fourth-order valence-electron chi connectivity index (χ4n) is 1.96. The third-order valence-electron chi connectivity index (χ3n) is 2.90. The van der Waals surface area contributed by atoms with Crippen LogP contribution in [-0.2, 0) is 10.0 Å². The molecule has 7 heteroatoms. The van der Waals surface area contributed by atoms with Gasteiger partial charge in [-0.1, -0.05) is 17.7 Å². The molecule has 0 amide bonds. The van der Waals surface area contributed by atoms with Crippen molar-refractivity contribution in [2.24, 2.45) is 0 Å². The minimum Gasteiger partial charge on any atom is -0.279 e. The monoisotopic (exact) mass is 319 g/mol. The molecule has 3 rings (SSSR count). The molecule has 0 spiro atoms. The van der Waals surface area contributed by atoms with E-state index in [-0.39, 0.29) is 10.0 Å². The van der Waals surface area contributed by atoms with Gasteiger partial charge in [0.05, 0.1) is 11.2 Å². The van der Waals surface area contributed by atoms with Gasteiger partial charge in [0, 0.05) is 17.8 Å². The number of hydrogen-bond acceptors (Lipinski definition) is 4. The van der Waals surface area contributed by atoms with Gasteiger partial charge in [0.25, 0.3) is 10.0 Å². The van der Waals surface area contributed by atoms with Crippen LogP contribution in [0.4, 0.5) is 5.69 Å². The van der Waals surface area contributed by atoms with Crippen LogP contribution in [-0.4, -0.2) is 18.4 Å². The Morgan fingerprint density at radius 3 is 2.52 bits per heavy atom. The first-order valence-corrected chi connectivity index (χ1v) is 7.91. The number of anilines is 1. The maximum atomic E-state index is 12.4. The molecular weight excluding hydrogens is 310 g/mol. The van der Waals surface area contributed by atoms with Gasteiger partial charge >= 0.3 is 0 Å². The number of nitrogens with one attached hydrogen (secondary N) is 1. The number of nitrogens with zero attached hydrogens (tertiary/aromatic N) is 2. The first-order chi connectivity index (χ1) is 10.1. The van der Waals surface area contributed by atoms with Crippen LogP contribution < -0.4 is 4.72 Å². The molecule has 0 saturated carbocycles. The molecule has 1 aromatic carbocycles. The Bertz CT molecular complexity index is 907. The van der Waals surface area contributed by atoms with Crippen LogP contribution in [0.1, 0.15) is 0 Å². The predicted octanol–water partition coefficient (Wildman–Crippen LogP) is 3.08. The first-order valence-electron chi connectivity index (χ1n) is 6.05. The Hall–Kier alpha value is -2.18. The van der Waals surface area contributed by atoms with Gasteiger partial charge in [-0.15, -0.1) is 0 Å². The second-order valence-electron chi connectivity index (χ2n) is 4.27. The Labute approximate surface area is 126 Å². The van der Waals surface area contributed by atoms with Gasteiger partial charge in [-0.05, 0) is 36.4 Å². The average Bonchev–Trinajstić information content (AvgIpc) is 2.47. The van der Waals surface area contributed by atoms with Crippen LogP contribution in [0.2, 0.25) is 5.15 Å². The van der Waals surface area contributed by atoms with Crippen molar-refractivity contribution in [3.05, 3.63) is 60.0 Å². The van der Waals surface area contributed by atoms with E-state index in [9.17, 15) is 8.42 Å². The number of sulfonamides is 1. The SMILES string of the molecule is O=S(=O)(Nc1cccc2ncccc12)c1cccnc1Cl. The molecule has 106 valence electrons. The van der Waals surface area contributed by atoms with Crippen molar-refractivity contribution in [1.82, 2.24) is 9.97 Å². The van der Waals surface area contributed by atoms with E-state index in [0.29, 0.717) is 16.6 Å². The third kappa shape index (κ3) is 2.68. The highest BCUT2D eigenvalue weighted by atomic mass is 35.5. The number of rotatable bonds is 3. The van der Waals surface area contributed by atoms with Crippen molar-refractivity contribution in [1.29, 1.82) is 0 Å². The van der Waals surface area contributed by atoms with Crippen molar-refractivity contribution in [3.63, 3.8) is 0 Å². The van der Waals surface area contributed by atoms with E-state index in [1.165, 1.54) is 18.3 Å². The van der Waals surface area contributed by atoms with E-state index < -0.39 is 10.0 Å². The zero-order valence-corrected chi connectivity index (χ0v) is 12.3. The maximum Gasteiger partial charge on any atom is 0.264 e. The summed E-state index contributed by atoms with van der Waals surface area (Å²) in [4.78, 5) is 7.91. The lowest BCUT2D eigenvalue weighted by atomic mass is 10.2. The lowest BCUT2D eigenvalue weighted by Gasteiger charge is -2.10. The Kier molecular flexibility index (Phi) is 3.48. The van der Waals surface area contributed by atoms with Crippen LogP contribution in [0.5, 0.6) is 0 Å². The number of hydrogen-bond donors (Lipinski definition) is 1. The van der Waals surface area contributed by atoms with Gasteiger partial charge in [-0.2, -0.15) is 0 Å². The molecule has 0 fully saturated rings. The second kappa shape index (κ2) is 5.31. The largest absolute Gasteiger partial charge is 0.279 e.